The number of hydrogen-bond acceptors (Lipinski definition) is 5. The summed E-state index contributed by atoms with van der Waals surface area (Å²) < 4.78 is 4.76. The molecule has 0 unspecified atom stereocenters. The maximum atomic E-state index is 13.3. The fraction of sp³-hybridized carbons (Fsp3) is 0.649. The molecule has 4 aliphatic rings. The van der Waals surface area contributed by atoms with Crippen LogP contribution >= 0.6 is 23.2 Å². The summed E-state index contributed by atoms with van der Waals surface area (Å²) in [6, 6.07) is 12.9. The first-order valence-electron chi connectivity index (χ1n) is 25.4. The van der Waals surface area contributed by atoms with Gasteiger partial charge >= 0.3 is 11.9 Å². The second kappa shape index (κ2) is 23.8. The van der Waals surface area contributed by atoms with E-state index >= 15 is 0 Å². The Kier molecular flexibility index (Phi) is 19.3. The number of carboxylic acid groups (broad SMARTS) is 1. The van der Waals surface area contributed by atoms with Crippen LogP contribution in [0.3, 0.4) is 0 Å². The lowest BCUT2D eigenvalue weighted by molar-refractivity contribution is -0.141. The zero-order valence-electron chi connectivity index (χ0n) is 42.5. The number of aryl methyl sites for hydroxylation is 2. The predicted molar refractivity (Wildman–Crippen MR) is 273 cm³/mol. The molecule has 1 N–H and O–H groups in total. The summed E-state index contributed by atoms with van der Waals surface area (Å²) in [6.07, 6.45) is 22.7. The molecule has 2 aromatic rings. The van der Waals surface area contributed by atoms with E-state index in [0.29, 0.717) is 57.0 Å². The molecule has 67 heavy (non-hydrogen) atoms. The number of methoxy groups -OCH3 is 1. The molecule has 2 heterocycles. The monoisotopic (exact) mass is 961 g/mol. The van der Waals surface area contributed by atoms with Crippen LogP contribution in [0.2, 0.25) is 10.0 Å². The molecule has 2 fully saturated rings. The summed E-state index contributed by atoms with van der Waals surface area (Å²) in [6.45, 7) is 18.9. The minimum Gasteiger partial charge on any atom is -0.481 e. The van der Waals surface area contributed by atoms with Gasteiger partial charge in [0.25, 0.3) is 0 Å². The van der Waals surface area contributed by atoms with Crippen molar-refractivity contribution in [3.8, 4) is 0 Å². The number of amides is 2. The van der Waals surface area contributed by atoms with Crippen LogP contribution in [-0.2, 0) is 47.6 Å². The maximum absolute atomic E-state index is 13.3. The van der Waals surface area contributed by atoms with Gasteiger partial charge in [0, 0.05) is 72.0 Å². The summed E-state index contributed by atoms with van der Waals surface area (Å²) in [7, 11) is 1.40. The molecule has 10 heteroatoms. The van der Waals surface area contributed by atoms with E-state index in [1.54, 1.807) is 4.90 Å². The van der Waals surface area contributed by atoms with Crippen molar-refractivity contribution in [1.82, 2.24) is 9.80 Å². The Morgan fingerprint density at radius 1 is 0.657 bits per heavy atom. The lowest BCUT2D eigenvalue weighted by atomic mass is 9.65. The highest BCUT2D eigenvalue weighted by atomic mass is 35.5. The fourth-order valence-corrected chi connectivity index (χ4v) is 11.3. The lowest BCUT2D eigenvalue weighted by Gasteiger charge is -2.43. The highest BCUT2D eigenvalue weighted by Gasteiger charge is 2.44. The standard InChI is InChI=1S/C29H42ClNO3.C28H40ClNO3/c1-28(2,3)16-15-22-13-14-23(18-25(22)30)29(4)19-26(32)31(17-9-12-27(33)34-5)20-24(29)21-10-7-6-8-11-21;1-27(2,3)15-14-21-12-13-22(17-24(21)29)28(4)18-25(31)30(16-8-11-26(32)33)19-23(28)20-9-6-5-7-10-20/h13-14,18,20-21H,6-12,15-17,19H2,1-5H3;12-13,17,19-20H,5-11,14-16,18H2,1-4H3,(H,32,33)/t29-;28-/m00/s1. The molecular formula is C57H82Cl2N2O6. The topological polar surface area (TPSA) is 104 Å². The third-order valence-electron chi connectivity index (χ3n) is 15.1. The summed E-state index contributed by atoms with van der Waals surface area (Å²) in [5.74, 6) is 0.0663. The van der Waals surface area contributed by atoms with Gasteiger partial charge in [0.2, 0.25) is 11.8 Å². The normalized spacial score (nSPS) is 22.2. The number of allylic oxidation sites excluding steroid dienone is 2. The highest BCUT2D eigenvalue weighted by Crippen LogP contribution is 2.49. The smallest absolute Gasteiger partial charge is 0.305 e. The van der Waals surface area contributed by atoms with E-state index in [0.717, 1.165) is 59.7 Å². The minimum atomic E-state index is -0.818. The number of carbonyl (C=O) groups excluding carboxylic acids is 3. The summed E-state index contributed by atoms with van der Waals surface area (Å²) >= 11 is 13.6. The molecule has 2 aliphatic heterocycles. The number of halogens is 2. The Balaban J connectivity index is 0.000000251. The minimum absolute atomic E-state index is 0.0652. The van der Waals surface area contributed by atoms with Crippen molar-refractivity contribution in [2.45, 2.75) is 195 Å². The van der Waals surface area contributed by atoms with Crippen molar-refractivity contribution in [3.63, 3.8) is 0 Å². The Hall–Kier alpha value is -3.62. The third kappa shape index (κ3) is 15.2. The van der Waals surface area contributed by atoms with Gasteiger partial charge in [-0.25, -0.2) is 0 Å². The number of nitrogens with zero attached hydrogens (tertiary/aromatic N) is 2. The van der Waals surface area contributed by atoms with E-state index < -0.39 is 5.97 Å². The van der Waals surface area contributed by atoms with Crippen LogP contribution in [0.1, 0.15) is 193 Å². The van der Waals surface area contributed by atoms with Gasteiger partial charge in [-0.05, 0) is 132 Å². The molecule has 0 bridgehead atoms. The number of carboxylic acids is 1. The molecular weight excluding hydrogens is 880 g/mol. The quantitative estimate of drug-likeness (QED) is 0.168. The third-order valence-corrected chi connectivity index (χ3v) is 15.8. The van der Waals surface area contributed by atoms with E-state index in [1.807, 2.05) is 4.90 Å². The average molecular weight is 962 g/mol. The van der Waals surface area contributed by atoms with Crippen LogP contribution in [0.15, 0.2) is 59.9 Å². The molecule has 6 rings (SSSR count). The number of ether oxygens (including phenoxy) is 1. The Morgan fingerprint density at radius 2 is 1.04 bits per heavy atom. The molecule has 2 saturated carbocycles. The molecule has 370 valence electrons. The number of carbonyl (C=O) groups is 4. The van der Waals surface area contributed by atoms with Crippen LogP contribution in [0.5, 0.6) is 0 Å². The first kappa shape index (κ1) is 54.3. The van der Waals surface area contributed by atoms with Crippen LogP contribution < -0.4 is 0 Å². The first-order chi connectivity index (χ1) is 31.5. The average Bonchev–Trinajstić information content (AvgIpc) is 3.27. The van der Waals surface area contributed by atoms with Crippen molar-refractivity contribution < 1.29 is 29.0 Å². The Labute approximate surface area is 413 Å². The van der Waals surface area contributed by atoms with Gasteiger partial charge in [-0.15, -0.1) is 0 Å². The molecule has 0 radical (unpaired) electrons. The summed E-state index contributed by atoms with van der Waals surface area (Å²) in [5, 5.41) is 10.6. The van der Waals surface area contributed by atoms with Gasteiger partial charge in [-0.3, -0.25) is 19.2 Å². The van der Waals surface area contributed by atoms with Crippen LogP contribution in [0.4, 0.5) is 0 Å². The maximum Gasteiger partial charge on any atom is 0.305 e. The van der Waals surface area contributed by atoms with Gasteiger partial charge < -0.3 is 19.6 Å². The zero-order valence-corrected chi connectivity index (χ0v) is 44.0. The fourth-order valence-electron chi connectivity index (χ4n) is 10.7. The van der Waals surface area contributed by atoms with Crippen molar-refractivity contribution >= 4 is 47.0 Å². The zero-order chi connectivity index (χ0) is 49.2. The number of rotatable bonds is 16. The number of aliphatic carboxylic acids is 1. The molecule has 2 atom stereocenters. The van der Waals surface area contributed by atoms with Crippen LogP contribution in [0, 0.1) is 22.7 Å². The molecule has 2 aliphatic carbocycles. The molecule has 8 nitrogen and oxygen atoms in total. The molecule has 2 aromatic carbocycles. The Morgan fingerprint density at radius 3 is 1.39 bits per heavy atom. The molecule has 2 amide bonds. The van der Waals surface area contributed by atoms with Gasteiger partial charge in [0.15, 0.2) is 0 Å². The van der Waals surface area contributed by atoms with Gasteiger partial charge in [0.05, 0.1) is 7.11 Å². The Bertz CT molecular complexity index is 2100. The van der Waals surface area contributed by atoms with Crippen molar-refractivity contribution in [2.24, 2.45) is 22.7 Å². The van der Waals surface area contributed by atoms with E-state index in [1.165, 1.54) is 80.7 Å². The van der Waals surface area contributed by atoms with E-state index in [4.69, 9.17) is 33.0 Å². The lowest BCUT2D eigenvalue weighted by Crippen LogP contribution is -2.43. The molecule has 0 aromatic heterocycles. The second-order valence-corrected chi connectivity index (χ2v) is 23.8. The number of benzene rings is 2. The molecule has 0 saturated heterocycles. The summed E-state index contributed by atoms with van der Waals surface area (Å²) in [5.41, 5.74) is 7.04. The molecule has 0 spiro atoms. The highest BCUT2D eigenvalue weighted by molar-refractivity contribution is 6.31. The summed E-state index contributed by atoms with van der Waals surface area (Å²) in [4.78, 5) is 52.5. The van der Waals surface area contributed by atoms with E-state index in [-0.39, 0.29) is 45.9 Å². The van der Waals surface area contributed by atoms with Gasteiger partial charge in [-0.2, -0.15) is 0 Å². The van der Waals surface area contributed by atoms with Gasteiger partial charge in [0.1, 0.15) is 0 Å². The SMILES string of the molecule is CC(C)(C)CCc1ccc([C@]2(C)CC(=O)N(CCCC(=O)O)C=C2C2CCCCC2)cc1Cl.COC(=O)CCCN1C=C(C2CCCCC2)[C@](C)(c2ccc(CCC(C)(C)C)c(Cl)c2)CC1=O. The second-order valence-electron chi connectivity index (χ2n) is 22.9. The number of esters is 1. The van der Waals surface area contributed by atoms with Crippen LogP contribution in [0.25, 0.3) is 0 Å². The van der Waals surface area contributed by atoms with Crippen molar-refractivity contribution in [3.05, 3.63) is 92.2 Å². The van der Waals surface area contributed by atoms with Crippen molar-refractivity contribution in [1.29, 1.82) is 0 Å². The van der Waals surface area contributed by atoms with E-state index in [2.05, 4.69) is 104 Å². The predicted octanol–water partition coefficient (Wildman–Crippen LogP) is 14.4. The number of hydrogen-bond donors (Lipinski definition) is 1. The van der Waals surface area contributed by atoms with Crippen molar-refractivity contribution in [2.75, 3.05) is 20.2 Å². The van der Waals surface area contributed by atoms with E-state index in [9.17, 15) is 19.2 Å². The van der Waals surface area contributed by atoms with Gasteiger partial charge in [-0.1, -0.05) is 141 Å². The largest absolute Gasteiger partial charge is 0.481 e. The van der Waals surface area contributed by atoms with Crippen LogP contribution in [-0.4, -0.2) is 58.9 Å². The first-order valence-corrected chi connectivity index (χ1v) is 26.2.